The number of nitrogens with zero attached hydrogens (tertiary/aromatic N) is 1. The van der Waals surface area contributed by atoms with E-state index in [1.807, 2.05) is 35.0 Å². The van der Waals surface area contributed by atoms with E-state index in [1.165, 1.54) is 6.42 Å². The molecule has 0 amide bonds. The monoisotopic (exact) mass is 379 g/mol. The molecule has 0 bridgehead atoms. The van der Waals surface area contributed by atoms with Crippen molar-refractivity contribution >= 4 is 12.8 Å². The van der Waals surface area contributed by atoms with Crippen LogP contribution < -0.4 is 5.30 Å². The van der Waals surface area contributed by atoms with Crippen molar-refractivity contribution in [3.05, 3.63) is 30.3 Å². The summed E-state index contributed by atoms with van der Waals surface area (Å²) in [6.07, 6.45) is 5.21. The molecule has 1 aromatic carbocycles. The third kappa shape index (κ3) is 4.09. The fourth-order valence-electron chi connectivity index (χ4n) is 4.57. The molecule has 4 nitrogen and oxygen atoms in total. The van der Waals surface area contributed by atoms with Gasteiger partial charge >= 0.3 is 7.52 Å². The maximum Gasteiger partial charge on any atom is 0.304 e. The van der Waals surface area contributed by atoms with Crippen LogP contribution in [0.15, 0.2) is 30.3 Å². The van der Waals surface area contributed by atoms with Crippen LogP contribution in [0.2, 0.25) is 0 Å². The minimum Gasteiger partial charge on any atom is -0.366 e. The van der Waals surface area contributed by atoms with Gasteiger partial charge in [0.1, 0.15) is 6.23 Å². The van der Waals surface area contributed by atoms with Crippen LogP contribution >= 0.6 is 7.52 Å². The van der Waals surface area contributed by atoms with Crippen LogP contribution in [0.3, 0.4) is 0 Å². The van der Waals surface area contributed by atoms with Crippen LogP contribution in [0.5, 0.6) is 0 Å². The third-order valence-corrected chi connectivity index (χ3v) is 8.74. The average Bonchev–Trinajstić information content (AvgIpc) is 3.11. The molecule has 1 heterocycles. The molecule has 2 unspecified atom stereocenters. The zero-order valence-electron chi connectivity index (χ0n) is 16.6. The van der Waals surface area contributed by atoms with E-state index in [2.05, 4.69) is 20.8 Å². The summed E-state index contributed by atoms with van der Waals surface area (Å²) in [4.78, 5) is 0. The molecule has 1 saturated heterocycles. The molecule has 1 aliphatic carbocycles. The molecule has 26 heavy (non-hydrogen) atoms. The summed E-state index contributed by atoms with van der Waals surface area (Å²) in [6, 6.07) is 9.76. The van der Waals surface area contributed by atoms with Gasteiger partial charge in [-0.3, -0.25) is 4.57 Å². The molecule has 0 radical (unpaired) electrons. The van der Waals surface area contributed by atoms with Crippen LogP contribution in [0.1, 0.15) is 52.9 Å². The fraction of sp³-hybridized carbons (Fsp3) is 0.714. The van der Waals surface area contributed by atoms with Crippen molar-refractivity contribution in [2.75, 3.05) is 13.7 Å². The molecule has 5 heteroatoms. The Bertz CT molecular complexity index is 621. The van der Waals surface area contributed by atoms with Gasteiger partial charge in [-0.1, -0.05) is 45.4 Å². The summed E-state index contributed by atoms with van der Waals surface area (Å²) < 4.78 is 28.6. The Morgan fingerprint density at radius 2 is 1.88 bits per heavy atom. The predicted octanol–water partition coefficient (Wildman–Crippen LogP) is 5.05. The van der Waals surface area contributed by atoms with Gasteiger partial charge in [0.2, 0.25) is 0 Å². The van der Waals surface area contributed by atoms with Gasteiger partial charge in [-0.15, -0.1) is 0 Å². The van der Waals surface area contributed by atoms with E-state index in [-0.39, 0.29) is 12.3 Å². The van der Waals surface area contributed by atoms with Crippen molar-refractivity contribution in [1.29, 1.82) is 0 Å². The van der Waals surface area contributed by atoms with Gasteiger partial charge in [-0.25, -0.2) is 4.67 Å². The molecule has 0 aromatic heterocycles. The average molecular weight is 379 g/mol. The summed E-state index contributed by atoms with van der Waals surface area (Å²) in [5, 5.41) is 0.796. The maximum absolute atomic E-state index is 14.4. The highest BCUT2D eigenvalue weighted by Crippen LogP contribution is 2.56. The van der Waals surface area contributed by atoms with Gasteiger partial charge in [-0.05, 0) is 55.6 Å². The topological polar surface area (TPSA) is 38.8 Å². The van der Waals surface area contributed by atoms with Gasteiger partial charge in [-0.2, -0.15) is 0 Å². The molecule has 1 aromatic rings. The van der Waals surface area contributed by atoms with Gasteiger partial charge < -0.3 is 9.26 Å². The standard InChI is InChI=1S/C21H34NO3P/c1-16(2)19-13-12-17(3)15-20(19)25-26(23,18-9-6-5-7-10-18)22-14-8-11-21(22)24-4/h5-7,9-10,16-17,19-21H,8,11-15H2,1-4H3/t17-,19-,20+,21?,26?/m0/s1. The first kappa shape index (κ1) is 20.1. The number of ether oxygens (including phenoxy) is 1. The van der Waals surface area contributed by atoms with Crippen LogP contribution in [0.4, 0.5) is 0 Å². The summed E-state index contributed by atoms with van der Waals surface area (Å²) in [6.45, 7) is 7.57. The number of hydrogen-bond acceptors (Lipinski definition) is 3. The summed E-state index contributed by atoms with van der Waals surface area (Å²) in [5.41, 5.74) is 0. The predicted molar refractivity (Wildman–Crippen MR) is 107 cm³/mol. The second-order valence-electron chi connectivity index (χ2n) is 8.32. The number of benzene rings is 1. The van der Waals surface area contributed by atoms with Crippen molar-refractivity contribution in [1.82, 2.24) is 4.67 Å². The molecule has 2 fully saturated rings. The second-order valence-corrected chi connectivity index (χ2v) is 10.6. The molecule has 0 N–H and O–H groups in total. The Morgan fingerprint density at radius 1 is 1.15 bits per heavy atom. The highest BCUT2D eigenvalue weighted by atomic mass is 31.2. The van der Waals surface area contributed by atoms with E-state index in [9.17, 15) is 4.57 Å². The van der Waals surface area contributed by atoms with Crippen LogP contribution in [-0.4, -0.2) is 30.7 Å². The van der Waals surface area contributed by atoms with Crippen molar-refractivity contribution in [3.63, 3.8) is 0 Å². The van der Waals surface area contributed by atoms with E-state index < -0.39 is 7.52 Å². The summed E-state index contributed by atoms with van der Waals surface area (Å²) in [5.74, 6) is 1.62. The first-order valence-electron chi connectivity index (χ1n) is 10.1. The maximum atomic E-state index is 14.4. The number of methoxy groups -OCH3 is 1. The Labute approximate surface area is 158 Å². The normalized spacial score (nSPS) is 32.7. The van der Waals surface area contributed by atoms with Crippen LogP contribution in [0.25, 0.3) is 0 Å². The Kier molecular flexibility index (Phi) is 6.61. The van der Waals surface area contributed by atoms with E-state index >= 15 is 0 Å². The minimum absolute atomic E-state index is 0.0443. The quantitative estimate of drug-likeness (QED) is 0.648. The van der Waals surface area contributed by atoms with Gasteiger partial charge in [0, 0.05) is 13.7 Å². The lowest BCUT2D eigenvalue weighted by Crippen LogP contribution is -2.39. The van der Waals surface area contributed by atoms with Crippen LogP contribution in [0, 0.1) is 17.8 Å². The van der Waals surface area contributed by atoms with Gasteiger partial charge in [0.05, 0.1) is 11.4 Å². The SMILES string of the molecule is COC1CCCN1P(=O)(O[C@@H]1C[C@@H](C)CC[C@H]1C(C)C)c1ccccc1. The molecular weight excluding hydrogens is 345 g/mol. The first-order chi connectivity index (χ1) is 12.5. The first-order valence-corrected chi connectivity index (χ1v) is 11.7. The Hall–Kier alpha value is -0.670. The Morgan fingerprint density at radius 3 is 2.54 bits per heavy atom. The van der Waals surface area contributed by atoms with Crippen molar-refractivity contribution < 1.29 is 13.8 Å². The molecule has 0 spiro atoms. The molecule has 3 rings (SSSR count). The van der Waals surface area contributed by atoms with E-state index in [4.69, 9.17) is 9.26 Å². The van der Waals surface area contributed by atoms with Crippen LogP contribution in [-0.2, 0) is 13.8 Å². The van der Waals surface area contributed by atoms with Crippen molar-refractivity contribution in [2.45, 2.75) is 65.2 Å². The zero-order chi connectivity index (χ0) is 18.7. The van der Waals surface area contributed by atoms with Gasteiger partial charge in [0.25, 0.3) is 0 Å². The summed E-state index contributed by atoms with van der Waals surface area (Å²) >= 11 is 0. The van der Waals surface area contributed by atoms with E-state index in [0.717, 1.165) is 37.5 Å². The molecule has 5 atom stereocenters. The lowest BCUT2D eigenvalue weighted by molar-refractivity contribution is 0.00975. The minimum atomic E-state index is -3.16. The second kappa shape index (κ2) is 8.56. The Balaban J connectivity index is 1.94. The van der Waals surface area contributed by atoms with E-state index in [0.29, 0.717) is 17.8 Å². The lowest BCUT2D eigenvalue weighted by Gasteiger charge is -2.41. The molecule has 1 aliphatic heterocycles. The van der Waals surface area contributed by atoms with E-state index in [1.54, 1.807) is 7.11 Å². The van der Waals surface area contributed by atoms with Gasteiger partial charge in [0.15, 0.2) is 0 Å². The highest BCUT2D eigenvalue weighted by molar-refractivity contribution is 7.64. The van der Waals surface area contributed by atoms with Crippen molar-refractivity contribution in [2.24, 2.45) is 17.8 Å². The number of rotatable bonds is 6. The smallest absolute Gasteiger partial charge is 0.304 e. The third-order valence-electron chi connectivity index (χ3n) is 6.10. The summed E-state index contributed by atoms with van der Waals surface area (Å²) in [7, 11) is -1.45. The van der Waals surface area contributed by atoms with Crippen molar-refractivity contribution in [3.8, 4) is 0 Å². The zero-order valence-corrected chi connectivity index (χ0v) is 17.5. The number of hydrogen-bond donors (Lipinski definition) is 0. The molecule has 2 aliphatic rings. The molecular formula is C21H34NO3P. The molecule has 1 saturated carbocycles. The lowest BCUT2D eigenvalue weighted by atomic mass is 9.75. The molecule has 146 valence electrons. The largest absolute Gasteiger partial charge is 0.366 e. The fourth-order valence-corrected chi connectivity index (χ4v) is 7.22. The highest BCUT2D eigenvalue weighted by Gasteiger charge is 2.45.